The van der Waals surface area contributed by atoms with Crippen molar-refractivity contribution in [3.63, 3.8) is 0 Å². The van der Waals surface area contributed by atoms with Crippen molar-refractivity contribution < 1.29 is 9.90 Å². The summed E-state index contributed by atoms with van der Waals surface area (Å²) >= 11 is 0. The fraction of sp³-hybridized carbons (Fsp3) is 0.562. The Morgan fingerprint density at radius 2 is 1.89 bits per heavy atom. The SMILES string of the molecule is CCC(Cc1ccccc1)C(=O)NC(CO)C(C)C. The minimum absolute atomic E-state index is 0.00875. The molecule has 1 aromatic carbocycles. The van der Waals surface area contributed by atoms with E-state index in [0.29, 0.717) is 0 Å². The van der Waals surface area contributed by atoms with Gasteiger partial charge in [0.2, 0.25) is 5.91 Å². The maximum atomic E-state index is 12.2. The third kappa shape index (κ3) is 5.03. The van der Waals surface area contributed by atoms with E-state index >= 15 is 0 Å². The molecule has 0 spiro atoms. The number of aliphatic hydroxyl groups excluding tert-OH is 1. The van der Waals surface area contributed by atoms with Crippen molar-refractivity contribution in [3.8, 4) is 0 Å². The largest absolute Gasteiger partial charge is 0.394 e. The van der Waals surface area contributed by atoms with Crippen LogP contribution in [0.25, 0.3) is 0 Å². The molecule has 3 nitrogen and oxygen atoms in total. The third-order valence-corrected chi connectivity index (χ3v) is 3.52. The van der Waals surface area contributed by atoms with Crippen LogP contribution in [0.5, 0.6) is 0 Å². The highest BCUT2D eigenvalue weighted by molar-refractivity contribution is 5.79. The van der Waals surface area contributed by atoms with E-state index in [1.54, 1.807) is 0 Å². The molecule has 0 fully saturated rings. The topological polar surface area (TPSA) is 49.3 Å². The molecule has 2 atom stereocenters. The first-order valence-corrected chi connectivity index (χ1v) is 7.03. The second-order valence-corrected chi connectivity index (χ2v) is 5.34. The Kier molecular flexibility index (Phi) is 6.57. The predicted octanol–water partition coefficient (Wildman–Crippen LogP) is 2.39. The summed E-state index contributed by atoms with van der Waals surface area (Å²) in [5.41, 5.74) is 1.18. The average molecular weight is 263 g/mol. The molecule has 0 bridgehead atoms. The molecule has 0 aliphatic rings. The van der Waals surface area contributed by atoms with Gasteiger partial charge in [-0.1, -0.05) is 51.1 Å². The highest BCUT2D eigenvalue weighted by Crippen LogP contribution is 2.13. The predicted molar refractivity (Wildman–Crippen MR) is 77.8 cm³/mol. The van der Waals surface area contributed by atoms with E-state index in [9.17, 15) is 9.90 Å². The Bertz CT molecular complexity index is 376. The summed E-state index contributed by atoms with van der Waals surface area (Å²) in [7, 11) is 0. The van der Waals surface area contributed by atoms with E-state index in [1.807, 2.05) is 51.1 Å². The van der Waals surface area contributed by atoms with Crippen LogP contribution in [-0.2, 0) is 11.2 Å². The van der Waals surface area contributed by atoms with Crippen LogP contribution < -0.4 is 5.32 Å². The Morgan fingerprint density at radius 1 is 1.26 bits per heavy atom. The van der Waals surface area contributed by atoms with Gasteiger partial charge in [-0.05, 0) is 24.3 Å². The summed E-state index contributed by atoms with van der Waals surface area (Å²) in [6.45, 7) is 6.01. The van der Waals surface area contributed by atoms with Crippen LogP contribution in [0.2, 0.25) is 0 Å². The van der Waals surface area contributed by atoms with E-state index in [0.717, 1.165) is 12.8 Å². The second-order valence-electron chi connectivity index (χ2n) is 5.34. The number of nitrogens with one attached hydrogen (secondary N) is 1. The molecule has 19 heavy (non-hydrogen) atoms. The van der Waals surface area contributed by atoms with Crippen LogP contribution >= 0.6 is 0 Å². The first kappa shape index (κ1) is 15.7. The zero-order valence-corrected chi connectivity index (χ0v) is 12.1. The number of hydrogen-bond acceptors (Lipinski definition) is 2. The quantitative estimate of drug-likeness (QED) is 0.793. The van der Waals surface area contributed by atoms with E-state index in [1.165, 1.54) is 5.56 Å². The number of aliphatic hydroxyl groups is 1. The number of benzene rings is 1. The highest BCUT2D eigenvalue weighted by Gasteiger charge is 2.21. The molecular formula is C16H25NO2. The van der Waals surface area contributed by atoms with Gasteiger partial charge in [0, 0.05) is 5.92 Å². The van der Waals surface area contributed by atoms with Crippen LogP contribution in [0.3, 0.4) is 0 Å². The lowest BCUT2D eigenvalue weighted by Gasteiger charge is -2.23. The van der Waals surface area contributed by atoms with Gasteiger partial charge in [0.15, 0.2) is 0 Å². The minimum Gasteiger partial charge on any atom is -0.394 e. The van der Waals surface area contributed by atoms with Crippen LogP contribution in [-0.4, -0.2) is 23.7 Å². The monoisotopic (exact) mass is 263 g/mol. The van der Waals surface area contributed by atoms with Gasteiger partial charge < -0.3 is 10.4 Å². The average Bonchev–Trinajstić information content (AvgIpc) is 2.42. The second kappa shape index (κ2) is 7.95. The smallest absolute Gasteiger partial charge is 0.223 e. The molecular weight excluding hydrogens is 238 g/mol. The molecule has 1 aromatic rings. The summed E-state index contributed by atoms with van der Waals surface area (Å²) < 4.78 is 0. The molecule has 0 saturated carbocycles. The normalized spacial score (nSPS) is 14.2. The Labute approximate surface area is 116 Å². The summed E-state index contributed by atoms with van der Waals surface area (Å²) in [6.07, 6.45) is 1.55. The van der Waals surface area contributed by atoms with Gasteiger partial charge in [-0.25, -0.2) is 0 Å². The Morgan fingerprint density at radius 3 is 2.37 bits per heavy atom. The van der Waals surface area contributed by atoms with Crippen molar-refractivity contribution in [3.05, 3.63) is 35.9 Å². The number of hydrogen-bond donors (Lipinski definition) is 2. The van der Waals surface area contributed by atoms with Crippen molar-refractivity contribution in [1.82, 2.24) is 5.32 Å². The molecule has 0 aromatic heterocycles. The number of amides is 1. The summed E-state index contributed by atoms with van der Waals surface area (Å²) in [5, 5.41) is 12.2. The van der Waals surface area contributed by atoms with Crippen LogP contribution in [0.1, 0.15) is 32.8 Å². The molecule has 0 heterocycles. The lowest BCUT2D eigenvalue weighted by molar-refractivity contribution is -0.126. The molecule has 106 valence electrons. The standard InChI is InChI=1S/C16H25NO2/c1-4-14(10-13-8-6-5-7-9-13)16(19)17-15(11-18)12(2)3/h5-9,12,14-15,18H,4,10-11H2,1-3H3,(H,17,19). The molecule has 0 aliphatic carbocycles. The van der Waals surface area contributed by atoms with Gasteiger partial charge in [-0.15, -0.1) is 0 Å². The summed E-state index contributed by atoms with van der Waals surface area (Å²) in [5.74, 6) is 0.248. The van der Waals surface area contributed by atoms with Gasteiger partial charge in [0.1, 0.15) is 0 Å². The maximum Gasteiger partial charge on any atom is 0.223 e. The number of carbonyl (C=O) groups is 1. The van der Waals surface area contributed by atoms with Gasteiger partial charge in [-0.2, -0.15) is 0 Å². The van der Waals surface area contributed by atoms with Gasteiger partial charge in [0.05, 0.1) is 12.6 Å². The van der Waals surface area contributed by atoms with Crippen LogP contribution in [0.4, 0.5) is 0 Å². The molecule has 3 heteroatoms. The third-order valence-electron chi connectivity index (χ3n) is 3.52. The summed E-state index contributed by atoms with van der Waals surface area (Å²) in [4.78, 5) is 12.2. The van der Waals surface area contributed by atoms with Gasteiger partial charge in [-0.3, -0.25) is 4.79 Å². The van der Waals surface area contributed by atoms with E-state index < -0.39 is 0 Å². The van der Waals surface area contributed by atoms with E-state index in [4.69, 9.17) is 0 Å². The van der Waals surface area contributed by atoms with Crippen LogP contribution in [0, 0.1) is 11.8 Å². The van der Waals surface area contributed by atoms with Crippen molar-refractivity contribution >= 4 is 5.91 Å². The van der Waals surface area contributed by atoms with Crippen LogP contribution in [0.15, 0.2) is 30.3 Å². The van der Waals surface area contributed by atoms with E-state index in [2.05, 4.69) is 5.32 Å². The maximum absolute atomic E-state index is 12.2. The Hall–Kier alpha value is -1.35. The zero-order valence-electron chi connectivity index (χ0n) is 12.1. The first-order valence-electron chi connectivity index (χ1n) is 7.03. The number of rotatable bonds is 7. The molecule has 1 rings (SSSR count). The Balaban J connectivity index is 2.61. The van der Waals surface area contributed by atoms with Gasteiger partial charge in [0.25, 0.3) is 0 Å². The molecule has 1 amide bonds. The fourth-order valence-corrected chi connectivity index (χ4v) is 2.04. The van der Waals surface area contributed by atoms with Crippen molar-refractivity contribution in [2.75, 3.05) is 6.61 Å². The fourth-order valence-electron chi connectivity index (χ4n) is 2.04. The first-order chi connectivity index (χ1) is 9.08. The minimum atomic E-state index is -0.155. The summed E-state index contributed by atoms with van der Waals surface area (Å²) in [6, 6.07) is 9.89. The molecule has 0 aliphatic heterocycles. The number of carbonyl (C=O) groups excluding carboxylic acids is 1. The van der Waals surface area contributed by atoms with Crippen molar-refractivity contribution in [2.24, 2.45) is 11.8 Å². The zero-order chi connectivity index (χ0) is 14.3. The molecule has 2 unspecified atom stereocenters. The van der Waals surface area contributed by atoms with E-state index in [-0.39, 0.29) is 30.4 Å². The molecule has 2 N–H and O–H groups in total. The highest BCUT2D eigenvalue weighted by atomic mass is 16.3. The van der Waals surface area contributed by atoms with Crippen molar-refractivity contribution in [1.29, 1.82) is 0 Å². The molecule has 0 radical (unpaired) electrons. The van der Waals surface area contributed by atoms with Crippen molar-refractivity contribution in [2.45, 2.75) is 39.7 Å². The lowest BCUT2D eigenvalue weighted by atomic mass is 9.95. The lowest BCUT2D eigenvalue weighted by Crippen LogP contribution is -2.44. The van der Waals surface area contributed by atoms with Gasteiger partial charge >= 0.3 is 0 Å². The molecule has 0 saturated heterocycles.